The number of non-ortho nitro benzene ring substituents is 1. The number of ether oxygens (including phenoxy) is 1. The van der Waals surface area contributed by atoms with Crippen LogP contribution in [0.15, 0.2) is 48.5 Å². The van der Waals surface area contributed by atoms with Crippen molar-refractivity contribution in [2.24, 2.45) is 5.92 Å². The van der Waals surface area contributed by atoms with Crippen LogP contribution in [0.4, 0.5) is 5.69 Å². The molecule has 0 N–H and O–H groups in total. The summed E-state index contributed by atoms with van der Waals surface area (Å²) >= 11 is 0. The minimum atomic E-state index is -0.589. The predicted molar refractivity (Wildman–Crippen MR) is 94.6 cm³/mol. The number of carbonyl (C=O) groups excluding carboxylic acids is 1. The zero-order chi connectivity index (χ0) is 18.2. The van der Waals surface area contributed by atoms with Gasteiger partial charge in [-0.2, -0.15) is 0 Å². The molecule has 25 heavy (non-hydrogen) atoms. The molecule has 0 bridgehead atoms. The predicted octanol–water partition coefficient (Wildman–Crippen LogP) is 4.64. The van der Waals surface area contributed by atoms with Gasteiger partial charge in [-0.1, -0.05) is 29.8 Å². The van der Waals surface area contributed by atoms with Crippen molar-refractivity contribution in [2.45, 2.75) is 38.7 Å². The van der Waals surface area contributed by atoms with Crippen LogP contribution >= 0.6 is 0 Å². The van der Waals surface area contributed by atoms with Gasteiger partial charge >= 0.3 is 5.97 Å². The molecule has 0 aliphatic heterocycles. The van der Waals surface area contributed by atoms with Gasteiger partial charge in [-0.05, 0) is 50.8 Å². The van der Waals surface area contributed by atoms with Crippen LogP contribution < -0.4 is 0 Å². The quantitative estimate of drug-likeness (QED) is 0.452. The second-order valence-corrected chi connectivity index (χ2v) is 7.16. The summed E-state index contributed by atoms with van der Waals surface area (Å²) in [6.45, 7) is 5.91. The summed E-state index contributed by atoms with van der Waals surface area (Å²) in [6.07, 6.45) is 0.990. The van der Waals surface area contributed by atoms with E-state index in [1.807, 2.05) is 13.8 Å². The van der Waals surface area contributed by atoms with Crippen LogP contribution in [0.1, 0.15) is 47.7 Å². The second-order valence-electron chi connectivity index (χ2n) is 7.16. The summed E-state index contributed by atoms with van der Waals surface area (Å²) in [6, 6.07) is 14.0. The van der Waals surface area contributed by atoms with Gasteiger partial charge in [0.05, 0.1) is 10.5 Å². The van der Waals surface area contributed by atoms with E-state index in [4.69, 9.17) is 4.74 Å². The molecule has 0 aromatic heterocycles. The zero-order valence-corrected chi connectivity index (χ0v) is 14.6. The highest BCUT2D eigenvalue weighted by Crippen LogP contribution is 2.54. The minimum absolute atomic E-state index is 0.0440. The maximum atomic E-state index is 12.4. The van der Waals surface area contributed by atoms with E-state index < -0.39 is 16.5 Å². The molecule has 2 aromatic rings. The Morgan fingerprint density at radius 3 is 2.28 bits per heavy atom. The smallest absolute Gasteiger partial charge is 0.338 e. The fourth-order valence-electron chi connectivity index (χ4n) is 3.24. The number of esters is 1. The first-order chi connectivity index (χ1) is 11.8. The molecule has 0 heterocycles. The van der Waals surface area contributed by atoms with Gasteiger partial charge in [0.1, 0.15) is 5.60 Å². The van der Waals surface area contributed by atoms with Gasteiger partial charge in [0.25, 0.3) is 5.69 Å². The Kier molecular flexibility index (Phi) is 4.33. The highest BCUT2D eigenvalue weighted by molar-refractivity contribution is 5.90. The summed E-state index contributed by atoms with van der Waals surface area (Å²) in [5, 5.41) is 10.7. The Balaban J connectivity index is 1.66. The fraction of sp³-hybridized carbons (Fsp3) is 0.350. The lowest BCUT2D eigenvalue weighted by Crippen LogP contribution is -2.31. The van der Waals surface area contributed by atoms with E-state index in [0.29, 0.717) is 11.5 Å². The van der Waals surface area contributed by atoms with Crippen LogP contribution in [0, 0.1) is 23.0 Å². The number of carbonyl (C=O) groups is 1. The van der Waals surface area contributed by atoms with Crippen molar-refractivity contribution < 1.29 is 14.5 Å². The Morgan fingerprint density at radius 1 is 1.12 bits per heavy atom. The van der Waals surface area contributed by atoms with Crippen molar-refractivity contribution in [3.8, 4) is 0 Å². The number of nitro groups is 1. The molecule has 1 saturated carbocycles. The van der Waals surface area contributed by atoms with E-state index in [-0.39, 0.29) is 11.6 Å². The SMILES string of the molecule is Cc1ccc([C@@H]2C[C@H]2C(C)(C)OC(=O)c2ccc([N+](=O)[O-])cc2)cc1. The summed E-state index contributed by atoms with van der Waals surface area (Å²) < 4.78 is 5.71. The van der Waals surface area contributed by atoms with E-state index >= 15 is 0 Å². The van der Waals surface area contributed by atoms with Crippen LogP contribution in [0.3, 0.4) is 0 Å². The maximum absolute atomic E-state index is 12.4. The number of nitro benzene ring substituents is 1. The second kappa shape index (κ2) is 6.31. The van der Waals surface area contributed by atoms with Crippen LogP contribution in [-0.2, 0) is 4.74 Å². The third-order valence-corrected chi connectivity index (χ3v) is 4.86. The molecule has 130 valence electrons. The van der Waals surface area contributed by atoms with E-state index in [1.54, 1.807) is 0 Å². The zero-order valence-electron chi connectivity index (χ0n) is 14.6. The molecule has 1 fully saturated rings. The van der Waals surface area contributed by atoms with E-state index in [2.05, 4.69) is 31.2 Å². The van der Waals surface area contributed by atoms with E-state index in [1.165, 1.54) is 35.4 Å². The van der Waals surface area contributed by atoms with Crippen LogP contribution in [0.2, 0.25) is 0 Å². The lowest BCUT2D eigenvalue weighted by Gasteiger charge is -2.26. The lowest BCUT2D eigenvalue weighted by molar-refractivity contribution is -0.384. The third kappa shape index (κ3) is 3.71. The first-order valence-corrected chi connectivity index (χ1v) is 8.32. The number of nitrogens with zero attached hydrogens (tertiary/aromatic N) is 1. The molecule has 5 nitrogen and oxygen atoms in total. The molecule has 2 atom stereocenters. The minimum Gasteiger partial charge on any atom is -0.456 e. The summed E-state index contributed by atoms with van der Waals surface area (Å²) in [5.74, 6) is 0.229. The van der Waals surface area contributed by atoms with E-state index in [0.717, 1.165) is 6.42 Å². The standard InChI is InChI=1S/C20H21NO4/c1-13-4-6-14(7-5-13)17-12-18(17)20(2,3)25-19(22)15-8-10-16(11-9-15)21(23)24/h4-11,17-18H,12H2,1-3H3/t17-,18+/m0/s1. The van der Waals surface area contributed by atoms with Crippen LogP contribution in [0.5, 0.6) is 0 Å². The first-order valence-electron chi connectivity index (χ1n) is 8.32. The number of rotatable bonds is 5. The Bertz CT molecular complexity index is 793. The summed E-state index contributed by atoms with van der Waals surface area (Å²) in [5.41, 5.74) is 2.19. The fourth-order valence-corrected chi connectivity index (χ4v) is 3.24. The average Bonchev–Trinajstić information content (AvgIpc) is 3.37. The van der Waals surface area contributed by atoms with Crippen molar-refractivity contribution in [3.63, 3.8) is 0 Å². The van der Waals surface area contributed by atoms with Crippen molar-refractivity contribution in [2.75, 3.05) is 0 Å². The average molecular weight is 339 g/mol. The van der Waals surface area contributed by atoms with Crippen molar-refractivity contribution in [1.82, 2.24) is 0 Å². The summed E-state index contributed by atoms with van der Waals surface area (Å²) in [4.78, 5) is 22.6. The van der Waals surface area contributed by atoms with Gasteiger partial charge in [-0.15, -0.1) is 0 Å². The molecule has 0 amide bonds. The molecule has 5 heteroatoms. The third-order valence-electron chi connectivity index (χ3n) is 4.86. The van der Waals surface area contributed by atoms with Crippen LogP contribution in [0.25, 0.3) is 0 Å². The number of hydrogen-bond acceptors (Lipinski definition) is 4. The molecule has 3 rings (SSSR count). The van der Waals surface area contributed by atoms with Gasteiger partial charge in [-0.3, -0.25) is 10.1 Å². The lowest BCUT2D eigenvalue weighted by atomic mass is 9.97. The number of aryl methyl sites for hydroxylation is 1. The molecular weight excluding hydrogens is 318 g/mol. The molecule has 1 aliphatic carbocycles. The van der Waals surface area contributed by atoms with Gasteiger partial charge in [0.2, 0.25) is 0 Å². The van der Waals surface area contributed by atoms with Gasteiger partial charge < -0.3 is 4.74 Å². The molecule has 0 radical (unpaired) electrons. The number of hydrogen-bond donors (Lipinski definition) is 0. The topological polar surface area (TPSA) is 69.4 Å². The Hall–Kier alpha value is -2.69. The largest absolute Gasteiger partial charge is 0.456 e. The highest BCUT2D eigenvalue weighted by Gasteiger charge is 2.50. The normalized spacial score (nSPS) is 19.3. The summed E-state index contributed by atoms with van der Waals surface area (Å²) in [7, 11) is 0. The van der Waals surface area contributed by atoms with Crippen molar-refractivity contribution >= 4 is 11.7 Å². The molecule has 0 unspecified atom stereocenters. The Morgan fingerprint density at radius 2 is 1.72 bits per heavy atom. The van der Waals surface area contributed by atoms with E-state index in [9.17, 15) is 14.9 Å². The van der Waals surface area contributed by atoms with Crippen LogP contribution in [-0.4, -0.2) is 16.5 Å². The monoisotopic (exact) mass is 339 g/mol. The molecule has 0 spiro atoms. The first kappa shape index (κ1) is 17.1. The van der Waals surface area contributed by atoms with Crippen molar-refractivity contribution in [3.05, 3.63) is 75.3 Å². The molecule has 2 aromatic carbocycles. The maximum Gasteiger partial charge on any atom is 0.338 e. The van der Waals surface area contributed by atoms with Gasteiger partial charge in [0, 0.05) is 18.1 Å². The number of benzene rings is 2. The highest BCUT2D eigenvalue weighted by atomic mass is 16.6. The molecule has 1 aliphatic rings. The molecular formula is C20H21NO4. The van der Waals surface area contributed by atoms with Gasteiger partial charge in [0.15, 0.2) is 0 Å². The molecule has 0 saturated heterocycles. The van der Waals surface area contributed by atoms with Gasteiger partial charge in [-0.25, -0.2) is 4.79 Å². The Labute approximate surface area is 146 Å². The van der Waals surface area contributed by atoms with Crippen molar-refractivity contribution in [1.29, 1.82) is 0 Å².